The van der Waals surface area contributed by atoms with Crippen LogP contribution in [0.5, 0.6) is 5.75 Å². The van der Waals surface area contributed by atoms with E-state index < -0.39 is 5.41 Å². The predicted molar refractivity (Wildman–Crippen MR) is 73.2 cm³/mol. The molecule has 0 spiro atoms. The SMILES string of the molecule is CCn1ncnc1CC1(C#N)CCOc2ccccc21. The number of hydrogen-bond donors (Lipinski definition) is 0. The Morgan fingerprint density at radius 1 is 1.45 bits per heavy atom. The third kappa shape index (κ3) is 1.94. The summed E-state index contributed by atoms with van der Waals surface area (Å²) in [4.78, 5) is 4.31. The first-order chi connectivity index (χ1) is 9.79. The fourth-order valence-electron chi connectivity index (χ4n) is 2.76. The van der Waals surface area contributed by atoms with Crippen LogP contribution >= 0.6 is 0 Å². The van der Waals surface area contributed by atoms with Gasteiger partial charge in [-0.15, -0.1) is 0 Å². The van der Waals surface area contributed by atoms with Crippen molar-refractivity contribution in [1.29, 1.82) is 5.26 Å². The number of ether oxygens (including phenoxy) is 1. The zero-order valence-electron chi connectivity index (χ0n) is 11.4. The molecule has 0 aliphatic carbocycles. The minimum Gasteiger partial charge on any atom is -0.493 e. The number of nitriles is 1. The Hall–Kier alpha value is -2.35. The van der Waals surface area contributed by atoms with E-state index in [-0.39, 0.29) is 0 Å². The molecule has 5 nitrogen and oxygen atoms in total. The molecule has 0 bridgehead atoms. The van der Waals surface area contributed by atoms with Crippen LogP contribution in [0.1, 0.15) is 24.7 Å². The summed E-state index contributed by atoms with van der Waals surface area (Å²) in [6, 6.07) is 10.3. The van der Waals surface area contributed by atoms with Gasteiger partial charge < -0.3 is 4.74 Å². The van der Waals surface area contributed by atoms with Gasteiger partial charge in [-0.3, -0.25) is 4.68 Å². The number of hydrogen-bond acceptors (Lipinski definition) is 4. The molecule has 0 fully saturated rings. The number of fused-ring (bicyclic) bond motifs is 1. The molecule has 1 aliphatic rings. The smallest absolute Gasteiger partial charge is 0.138 e. The molecular weight excluding hydrogens is 252 g/mol. The highest BCUT2D eigenvalue weighted by Gasteiger charge is 2.39. The molecule has 1 unspecified atom stereocenters. The van der Waals surface area contributed by atoms with Gasteiger partial charge in [-0.25, -0.2) is 4.98 Å². The average Bonchev–Trinajstić information content (AvgIpc) is 2.94. The van der Waals surface area contributed by atoms with E-state index in [0.717, 1.165) is 23.7 Å². The van der Waals surface area contributed by atoms with Crippen LogP contribution in [0.4, 0.5) is 0 Å². The number of rotatable bonds is 3. The van der Waals surface area contributed by atoms with Crippen LogP contribution < -0.4 is 4.74 Å². The van der Waals surface area contributed by atoms with Crippen molar-refractivity contribution >= 4 is 0 Å². The van der Waals surface area contributed by atoms with Crippen LogP contribution in [0.15, 0.2) is 30.6 Å². The Kier molecular flexibility index (Phi) is 3.15. The molecule has 0 saturated heterocycles. The van der Waals surface area contributed by atoms with Crippen molar-refractivity contribution in [3.63, 3.8) is 0 Å². The Morgan fingerprint density at radius 2 is 2.30 bits per heavy atom. The van der Waals surface area contributed by atoms with E-state index in [1.807, 2.05) is 35.9 Å². The van der Waals surface area contributed by atoms with Gasteiger partial charge in [0.1, 0.15) is 17.9 Å². The van der Waals surface area contributed by atoms with Crippen molar-refractivity contribution in [2.24, 2.45) is 0 Å². The van der Waals surface area contributed by atoms with Gasteiger partial charge in [-0.05, 0) is 13.0 Å². The molecule has 2 heterocycles. The normalized spacial score (nSPS) is 20.8. The third-order valence-electron chi connectivity index (χ3n) is 3.86. The summed E-state index contributed by atoms with van der Waals surface area (Å²) in [6.45, 7) is 3.34. The van der Waals surface area contributed by atoms with Crippen molar-refractivity contribution in [3.05, 3.63) is 42.0 Å². The second-order valence-electron chi connectivity index (χ2n) is 4.96. The standard InChI is InChI=1S/C15H16N4O/c1-2-19-14(17-11-18-19)9-15(10-16)7-8-20-13-6-4-3-5-12(13)15/h3-6,11H,2,7-9H2,1H3. The number of nitrogens with zero attached hydrogens (tertiary/aromatic N) is 4. The van der Waals surface area contributed by atoms with Gasteiger partial charge in [0.25, 0.3) is 0 Å². The molecule has 0 N–H and O–H groups in total. The molecule has 1 aromatic heterocycles. The quantitative estimate of drug-likeness (QED) is 0.855. The molecule has 3 rings (SSSR count). The Balaban J connectivity index is 2.04. The summed E-state index contributed by atoms with van der Waals surface area (Å²) >= 11 is 0. The van der Waals surface area contributed by atoms with Gasteiger partial charge in [0.15, 0.2) is 0 Å². The lowest BCUT2D eigenvalue weighted by Crippen LogP contribution is -2.34. The fourth-order valence-corrected chi connectivity index (χ4v) is 2.76. The van der Waals surface area contributed by atoms with E-state index in [1.165, 1.54) is 0 Å². The molecule has 1 aliphatic heterocycles. The van der Waals surface area contributed by atoms with E-state index in [1.54, 1.807) is 6.33 Å². The first-order valence-electron chi connectivity index (χ1n) is 6.79. The van der Waals surface area contributed by atoms with Gasteiger partial charge in [-0.1, -0.05) is 18.2 Å². The highest BCUT2D eigenvalue weighted by Crippen LogP contribution is 2.40. The lowest BCUT2D eigenvalue weighted by molar-refractivity contribution is 0.239. The van der Waals surface area contributed by atoms with Crippen LogP contribution in [0, 0.1) is 11.3 Å². The maximum Gasteiger partial charge on any atom is 0.138 e. The molecule has 102 valence electrons. The highest BCUT2D eigenvalue weighted by molar-refractivity contribution is 5.46. The highest BCUT2D eigenvalue weighted by atomic mass is 16.5. The maximum atomic E-state index is 9.79. The summed E-state index contributed by atoms with van der Waals surface area (Å²) in [5.41, 5.74) is 0.383. The lowest BCUT2D eigenvalue weighted by Gasteiger charge is -2.32. The second-order valence-corrected chi connectivity index (χ2v) is 4.96. The summed E-state index contributed by atoms with van der Waals surface area (Å²) in [5, 5.41) is 14.0. The van der Waals surface area contributed by atoms with Gasteiger partial charge in [0.05, 0.1) is 18.1 Å². The van der Waals surface area contributed by atoms with Crippen molar-refractivity contribution in [1.82, 2.24) is 14.8 Å². The van der Waals surface area contributed by atoms with E-state index >= 15 is 0 Å². The number of benzene rings is 1. The Morgan fingerprint density at radius 3 is 3.10 bits per heavy atom. The topological polar surface area (TPSA) is 63.7 Å². The molecule has 1 aromatic carbocycles. The monoisotopic (exact) mass is 268 g/mol. The molecule has 5 heteroatoms. The van der Waals surface area contributed by atoms with E-state index in [9.17, 15) is 5.26 Å². The van der Waals surface area contributed by atoms with Crippen molar-refractivity contribution in [2.75, 3.05) is 6.61 Å². The zero-order valence-corrected chi connectivity index (χ0v) is 11.4. The van der Waals surface area contributed by atoms with Crippen LogP contribution in [-0.2, 0) is 18.4 Å². The minimum absolute atomic E-state index is 0.560. The molecular formula is C15H16N4O. The van der Waals surface area contributed by atoms with Gasteiger partial charge in [0.2, 0.25) is 0 Å². The average molecular weight is 268 g/mol. The summed E-state index contributed by atoms with van der Waals surface area (Å²) < 4.78 is 7.51. The van der Waals surface area contributed by atoms with Crippen LogP contribution in [-0.4, -0.2) is 21.4 Å². The van der Waals surface area contributed by atoms with E-state index in [0.29, 0.717) is 19.4 Å². The molecule has 1 atom stereocenters. The molecule has 20 heavy (non-hydrogen) atoms. The number of aromatic nitrogens is 3. The van der Waals surface area contributed by atoms with Crippen LogP contribution in [0.3, 0.4) is 0 Å². The van der Waals surface area contributed by atoms with Crippen molar-refractivity contribution in [3.8, 4) is 11.8 Å². The zero-order chi connectivity index (χ0) is 14.0. The van der Waals surface area contributed by atoms with Crippen molar-refractivity contribution in [2.45, 2.75) is 31.7 Å². The van der Waals surface area contributed by atoms with E-state index in [4.69, 9.17) is 4.74 Å². The number of aryl methyl sites for hydroxylation is 1. The third-order valence-corrected chi connectivity index (χ3v) is 3.86. The maximum absolute atomic E-state index is 9.79. The Labute approximate surface area is 117 Å². The largest absolute Gasteiger partial charge is 0.493 e. The Bertz CT molecular complexity index is 658. The first-order valence-corrected chi connectivity index (χ1v) is 6.79. The van der Waals surface area contributed by atoms with Gasteiger partial charge in [-0.2, -0.15) is 10.4 Å². The molecule has 0 radical (unpaired) electrons. The van der Waals surface area contributed by atoms with Gasteiger partial charge >= 0.3 is 0 Å². The first kappa shape index (κ1) is 12.7. The van der Waals surface area contributed by atoms with Crippen molar-refractivity contribution < 1.29 is 4.74 Å². The molecule has 0 saturated carbocycles. The fraction of sp³-hybridized carbons (Fsp3) is 0.400. The summed E-state index contributed by atoms with van der Waals surface area (Å²) in [6.07, 6.45) is 2.80. The predicted octanol–water partition coefficient (Wildman–Crippen LogP) is 2.08. The number of para-hydroxylation sites is 1. The minimum atomic E-state index is -0.575. The summed E-state index contributed by atoms with van der Waals surface area (Å²) in [7, 11) is 0. The van der Waals surface area contributed by atoms with E-state index in [2.05, 4.69) is 16.2 Å². The van der Waals surface area contributed by atoms with Gasteiger partial charge in [0, 0.05) is 24.9 Å². The molecule has 2 aromatic rings. The molecule has 0 amide bonds. The van der Waals surface area contributed by atoms with Crippen LogP contribution in [0.2, 0.25) is 0 Å². The lowest BCUT2D eigenvalue weighted by atomic mass is 9.74. The summed E-state index contributed by atoms with van der Waals surface area (Å²) in [5.74, 6) is 1.66. The van der Waals surface area contributed by atoms with Crippen LogP contribution in [0.25, 0.3) is 0 Å². The second kappa shape index (κ2) is 4.97.